The molecular formula is C15H25N3O2. The van der Waals surface area contributed by atoms with Crippen LogP contribution in [0.1, 0.15) is 39.5 Å². The molecule has 0 radical (unpaired) electrons. The van der Waals surface area contributed by atoms with Crippen molar-refractivity contribution >= 4 is 11.8 Å². The molecule has 3 rings (SSSR count). The van der Waals surface area contributed by atoms with Crippen LogP contribution in [-0.2, 0) is 9.59 Å². The van der Waals surface area contributed by atoms with E-state index < -0.39 is 0 Å². The van der Waals surface area contributed by atoms with E-state index in [1.165, 1.54) is 19.3 Å². The fourth-order valence-corrected chi connectivity index (χ4v) is 4.01. The maximum absolute atomic E-state index is 12.7. The lowest BCUT2D eigenvalue weighted by Gasteiger charge is -2.42. The third-order valence-electron chi connectivity index (χ3n) is 5.07. The fraction of sp³-hybridized carbons (Fsp3) is 0.867. The van der Waals surface area contributed by atoms with Crippen molar-refractivity contribution in [1.29, 1.82) is 0 Å². The van der Waals surface area contributed by atoms with Crippen LogP contribution in [0.5, 0.6) is 0 Å². The first-order valence-electron chi connectivity index (χ1n) is 7.92. The molecule has 112 valence electrons. The summed E-state index contributed by atoms with van der Waals surface area (Å²) in [7, 11) is 0. The molecule has 2 amide bonds. The summed E-state index contributed by atoms with van der Waals surface area (Å²) >= 11 is 0. The van der Waals surface area contributed by atoms with Crippen molar-refractivity contribution in [2.24, 2.45) is 5.92 Å². The van der Waals surface area contributed by atoms with Crippen molar-refractivity contribution in [3.63, 3.8) is 0 Å². The minimum absolute atomic E-state index is 0.00226. The number of amides is 2. The molecule has 0 aromatic carbocycles. The van der Waals surface area contributed by atoms with Gasteiger partial charge in [-0.25, -0.2) is 0 Å². The summed E-state index contributed by atoms with van der Waals surface area (Å²) in [6.45, 7) is 6.47. The molecule has 3 unspecified atom stereocenters. The molecule has 0 aliphatic carbocycles. The quantitative estimate of drug-likeness (QED) is 0.805. The molecule has 3 aliphatic heterocycles. The van der Waals surface area contributed by atoms with Crippen LogP contribution in [-0.4, -0.2) is 59.4 Å². The molecule has 0 aromatic rings. The molecular weight excluding hydrogens is 254 g/mol. The van der Waals surface area contributed by atoms with Crippen LogP contribution in [0.25, 0.3) is 0 Å². The highest BCUT2D eigenvalue weighted by molar-refractivity contribution is 5.95. The Kier molecular flexibility index (Phi) is 3.71. The Labute approximate surface area is 120 Å². The molecule has 20 heavy (non-hydrogen) atoms. The van der Waals surface area contributed by atoms with Gasteiger partial charge in [-0.05, 0) is 31.7 Å². The summed E-state index contributed by atoms with van der Waals surface area (Å²) in [5.74, 6) is 0.271. The lowest BCUT2D eigenvalue weighted by atomic mass is 9.94. The minimum atomic E-state index is -0.339. The second kappa shape index (κ2) is 5.35. The van der Waals surface area contributed by atoms with E-state index in [4.69, 9.17) is 0 Å². The standard InChI is InChI=1S/C15H25N3O2/c1-10(2)14-15(20)18(9-13(19)16-14)12-6-8-17-7-4-3-5-11(12)17/h10-12,14H,3-9H2,1-2H3,(H,16,19). The van der Waals surface area contributed by atoms with E-state index in [0.717, 1.165) is 19.5 Å². The lowest BCUT2D eigenvalue weighted by Crippen LogP contribution is -2.64. The Morgan fingerprint density at radius 3 is 2.65 bits per heavy atom. The van der Waals surface area contributed by atoms with E-state index >= 15 is 0 Å². The number of hydrogen-bond acceptors (Lipinski definition) is 3. The molecule has 0 aromatic heterocycles. The van der Waals surface area contributed by atoms with Gasteiger partial charge in [0.15, 0.2) is 0 Å². The zero-order valence-corrected chi connectivity index (χ0v) is 12.5. The van der Waals surface area contributed by atoms with Crippen LogP contribution in [0.4, 0.5) is 0 Å². The number of piperazine rings is 1. The van der Waals surface area contributed by atoms with Crippen molar-refractivity contribution in [2.75, 3.05) is 19.6 Å². The van der Waals surface area contributed by atoms with Gasteiger partial charge in [-0.1, -0.05) is 20.3 Å². The number of carbonyl (C=O) groups is 2. The Morgan fingerprint density at radius 1 is 1.10 bits per heavy atom. The van der Waals surface area contributed by atoms with Crippen LogP contribution in [0.2, 0.25) is 0 Å². The second-order valence-corrected chi connectivity index (χ2v) is 6.71. The number of nitrogens with one attached hydrogen (secondary N) is 1. The van der Waals surface area contributed by atoms with Gasteiger partial charge in [0.1, 0.15) is 6.04 Å². The first kappa shape index (κ1) is 13.9. The summed E-state index contributed by atoms with van der Waals surface area (Å²) < 4.78 is 0. The minimum Gasteiger partial charge on any atom is -0.343 e. The zero-order valence-electron chi connectivity index (χ0n) is 12.5. The molecule has 0 bridgehead atoms. The molecule has 3 aliphatic rings. The average Bonchev–Trinajstić information content (AvgIpc) is 2.84. The first-order chi connectivity index (χ1) is 9.58. The highest BCUT2D eigenvalue weighted by Crippen LogP contribution is 2.31. The maximum atomic E-state index is 12.7. The molecule has 0 spiro atoms. The van der Waals surface area contributed by atoms with Crippen LogP contribution < -0.4 is 5.32 Å². The molecule has 0 saturated carbocycles. The molecule has 5 heteroatoms. The lowest BCUT2D eigenvalue weighted by molar-refractivity contribution is -0.148. The molecule has 3 atom stereocenters. The highest BCUT2D eigenvalue weighted by atomic mass is 16.2. The number of fused-ring (bicyclic) bond motifs is 1. The van der Waals surface area contributed by atoms with Gasteiger partial charge in [0.2, 0.25) is 11.8 Å². The Hall–Kier alpha value is -1.10. The van der Waals surface area contributed by atoms with Gasteiger partial charge in [-0.2, -0.15) is 0 Å². The molecule has 5 nitrogen and oxygen atoms in total. The second-order valence-electron chi connectivity index (χ2n) is 6.71. The maximum Gasteiger partial charge on any atom is 0.246 e. The van der Waals surface area contributed by atoms with Crippen molar-refractivity contribution in [1.82, 2.24) is 15.1 Å². The van der Waals surface area contributed by atoms with Gasteiger partial charge in [-0.3, -0.25) is 14.5 Å². The van der Waals surface area contributed by atoms with Gasteiger partial charge in [-0.15, -0.1) is 0 Å². The molecule has 3 saturated heterocycles. The van der Waals surface area contributed by atoms with E-state index in [1.54, 1.807) is 0 Å². The third-order valence-corrected chi connectivity index (χ3v) is 5.07. The van der Waals surface area contributed by atoms with E-state index in [2.05, 4.69) is 10.2 Å². The van der Waals surface area contributed by atoms with E-state index in [1.807, 2.05) is 18.7 Å². The summed E-state index contributed by atoms with van der Waals surface area (Å²) in [6.07, 6.45) is 4.71. The first-order valence-corrected chi connectivity index (χ1v) is 7.92. The van der Waals surface area contributed by atoms with Gasteiger partial charge in [0, 0.05) is 18.6 Å². The zero-order chi connectivity index (χ0) is 14.3. The molecule has 3 fully saturated rings. The van der Waals surface area contributed by atoms with Crippen LogP contribution in [0, 0.1) is 5.92 Å². The van der Waals surface area contributed by atoms with Crippen LogP contribution in [0.3, 0.4) is 0 Å². The summed E-state index contributed by atoms with van der Waals surface area (Å²) in [4.78, 5) is 29.0. The monoisotopic (exact) mass is 279 g/mol. The van der Waals surface area contributed by atoms with Gasteiger partial charge in [0.25, 0.3) is 0 Å². The van der Waals surface area contributed by atoms with E-state index in [9.17, 15) is 9.59 Å². The number of rotatable bonds is 2. The molecule has 3 heterocycles. The third kappa shape index (κ3) is 2.32. The largest absolute Gasteiger partial charge is 0.343 e. The Morgan fingerprint density at radius 2 is 1.90 bits per heavy atom. The summed E-state index contributed by atoms with van der Waals surface area (Å²) in [6, 6.07) is 0.385. The predicted molar refractivity (Wildman–Crippen MR) is 76.1 cm³/mol. The summed E-state index contributed by atoms with van der Waals surface area (Å²) in [5.41, 5.74) is 0. The topological polar surface area (TPSA) is 52.7 Å². The number of carbonyl (C=O) groups excluding carboxylic acids is 2. The normalized spacial score (nSPS) is 35.4. The number of piperidine rings is 1. The fourth-order valence-electron chi connectivity index (χ4n) is 4.01. The van der Waals surface area contributed by atoms with Crippen molar-refractivity contribution < 1.29 is 9.59 Å². The number of hydrogen-bond donors (Lipinski definition) is 1. The Bertz CT molecular complexity index is 410. The predicted octanol–water partition coefficient (Wildman–Crippen LogP) is 0.596. The van der Waals surface area contributed by atoms with Crippen molar-refractivity contribution in [3.8, 4) is 0 Å². The Balaban J connectivity index is 1.78. The average molecular weight is 279 g/mol. The van der Waals surface area contributed by atoms with Gasteiger partial charge in [0.05, 0.1) is 6.54 Å². The number of nitrogens with zero attached hydrogens (tertiary/aromatic N) is 2. The smallest absolute Gasteiger partial charge is 0.246 e. The van der Waals surface area contributed by atoms with E-state index in [0.29, 0.717) is 6.04 Å². The summed E-state index contributed by atoms with van der Waals surface area (Å²) in [5, 5.41) is 2.85. The highest BCUT2D eigenvalue weighted by Gasteiger charge is 2.45. The molecule has 1 N–H and O–H groups in total. The SMILES string of the molecule is CC(C)C1NC(=O)CN(C2CCN3CCCCC23)C1=O. The van der Waals surface area contributed by atoms with Crippen LogP contribution in [0.15, 0.2) is 0 Å². The van der Waals surface area contributed by atoms with Crippen molar-refractivity contribution in [3.05, 3.63) is 0 Å². The van der Waals surface area contributed by atoms with Gasteiger partial charge < -0.3 is 10.2 Å². The van der Waals surface area contributed by atoms with Crippen LogP contribution >= 0.6 is 0 Å². The van der Waals surface area contributed by atoms with E-state index in [-0.39, 0.29) is 36.4 Å². The van der Waals surface area contributed by atoms with Gasteiger partial charge >= 0.3 is 0 Å². The van der Waals surface area contributed by atoms with Crippen molar-refractivity contribution in [2.45, 2.75) is 57.7 Å².